The van der Waals surface area contributed by atoms with Crippen LogP contribution in [0.15, 0.2) is 77.7 Å². The fraction of sp³-hybridized carbons (Fsp3) is 0.240. The van der Waals surface area contributed by atoms with E-state index in [1.165, 1.54) is 0 Å². The minimum atomic E-state index is -3.95. The van der Waals surface area contributed by atoms with Gasteiger partial charge in [-0.1, -0.05) is 65.7 Å². The van der Waals surface area contributed by atoms with Gasteiger partial charge in [-0.3, -0.25) is 4.79 Å². The van der Waals surface area contributed by atoms with Crippen LogP contribution >= 0.6 is 11.6 Å². The van der Waals surface area contributed by atoms with E-state index in [2.05, 4.69) is 5.32 Å². The molecule has 3 rings (SSSR count). The molecule has 174 valence electrons. The molecule has 0 saturated carbocycles. The first-order valence-electron chi connectivity index (χ1n) is 10.4. The number of ether oxygens (including phenoxy) is 1. The molecular formula is C25H27ClN2O4S. The van der Waals surface area contributed by atoms with Crippen LogP contribution in [0.2, 0.25) is 5.02 Å². The number of rotatable bonds is 9. The van der Waals surface area contributed by atoms with E-state index >= 15 is 0 Å². The third-order valence-electron chi connectivity index (χ3n) is 5.27. The number of halogens is 1. The van der Waals surface area contributed by atoms with E-state index in [1.807, 2.05) is 38.1 Å². The Morgan fingerprint density at radius 1 is 1.03 bits per heavy atom. The Hall–Kier alpha value is -2.87. The summed E-state index contributed by atoms with van der Waals surface area (Å²) in [5, 5.41) is 3.31. The van der Waals surface area contributed by atoms with Crippen LogP contribution in [0.3, 0.4) is 0 Å². The Labute approximate surface area is 200 Å². The van der Waals surface area contributed by atoms with Gasteiger partial charge in [0.25, 0.3) is 0 Å². The maximum absolute atomic E-state index is 13.4. The number of hydrogen-bond donors (Lipinski definition) is 1. The molecular weight excluding hydrogens is 460 g/mol. The molecule has 6 nitrogen and oxygen atoms in total. The average Bonchev–Trinajstić information content (AvgIpc) is 2.80. The van der Waals surface area contributed by atoms with E-state index in [0.29, 0.717) is 16.3 Å². The summed E-state index contributed by atoms with van der Waals surface area (Å²) in [7, 11) is -2.39. The lowest BCUT2D eigenvalue weighted by Gasteiger charge is -2.24. The summed E-state index contributed by atoms with van der Waals surface area (Å²) in [6, 6.07) is 20.5. The van der Waals surface area contributed by atoms with E-state index in [0.717, 1.165) is 15.4 Å². The van der Waals surface area contributed by atoms with E-state index in [-0.39, 0.29) is 24.0 Å². The van der Waals surface area contributed by atoms with E-state index < -0.39 is 15.9 Å². The van der Waals surface area contributed by atoms with Crippen molar-refractivity contribution in [1.29, 1.82) is 0 Å². The number of para-hydroxylation sites is 1. The van der Waals surface area contributed by atoms with E-state index in [4.69, 9.17) is 16.3 Å². The Kier molecular flexibility index (Phi) is 8.13. The first kappa shape index (κ1) is 24.8. The number of aryl methyl sites for hydroxylation is 1. The number of sulfonamides is 1. The van der Waals surface area contributed by atoms with Gasteiger partial charge in [0.15, 0.2) is 0 Å². The zero-order valence-corrected chi connectivity index (χ0v) is 20.4. The molecule has 0 aromatic heterocycles. The number of carbonyl (C=O) groups is 1. The molecule has 3 aromatic carbocycles. The summed E-state index contributed by atoms with van der Waals surface area (Å²) in [4.78, 5) is 13.1. The monoisotopic (exact) mass is 486 g/mol. The molecule has 3 aromatic rings. The van der Waals surface area contributed by atoms with Gasteiger partial charge in [0, 0.05) is 17.1 Å². The van der Waals surface area contributed by atoms with Crippen molar-refractivity contribution in [3.05, 3.63) is 94.5 Å². The largest absolute Gasteiger partial charge is 0.496 e. The summed E-state index contributed by atoms with van der Waals surface area (Å²) in [5.74, 6) is 0.210. The number of hydrogen-bond acceptors (Lipinski definition) is 4. The topological polar surface area (TPSA) is 75.7 Å². The smallest absolute Gasteiger partial charge is 0.243 e. The van der Waals surface area contributed by atoms with Crippen LogP contribution in [-0.4, -0.2) is 32.3 Å². The molecule has 0 radical (unpaired) electrons. The van der Waals surface area contributed by atoms with Gasteiger partial charge in [-0.25, -0.2) is 8.42 Å². The summed E-state index contributed by atoms with van der Waals surface area (Å²) in [5.41, 5.74) is 2.35. The minimum Gasteiger partial charge on any atom is -0.496 e. The molecule has 1 atom stereocenters. The van der Waals surface area contributed by atoms with Crippen LogP contribution < -0.4 is 10.1 Å². The van der Waals surface area contributed by atoms with Crippen molar-refractivity contribution in [3.63, 3.8) is 0 Å². The molecule has 1 amide bonds. The minimum absolute atomic E-state index is 0.0354. The molecule has 0 aliphatic carbocycles. The van der Waals surface area contributed by atoms with Crippen molar-refractivity contribution < 1.29 is 17.9 Å². The average molecular weight is 487 g/mol. The van der Waals surface area contributed by atoms with Crippen molar-refractivity contribution in [3.8, 4) is 5.75 Å². The van der Waals surface area contributed by atoms with Crippen LogP contribution in [0.25, 0.3) is 0 Å². The quantitative estimate of drug-likeness (QED) is 0.474. The number of nitrogens with one attached hydrogen (secondary N) is 1. The van der Waals surface area contributed by atoms with E-state index in [9.17, 15) is 13.2 Å². The van der Waals surface area contributed by atoms with Crippen molar-refractivity contribution in [2.24, 2.45) is 0 Å². The Balaban J connectivity index is 1.86. The summed E-state index contributed by atoms with van der Waals surface area (Å²) in [6.45, 7) is 3.31. The predicted molar refractivity (Wildman–Crippen MR) is 130 cm³/mol. The highest BCUT2D eigenvalue weighted by atomic mass is 35.5. The lowest BCUT2D eigenvalue weighted by Crippen LogP contribution is -2.41. The zero-order chi connectivity index (χ0) is 24.0. The number of amides is 1. The second-order valence-corrected chi connectivity index (χ2v) is 10.1. The molecule has 0 spiro atoms. The zero-order valence-electron chi connectivity index (χ0n) is 18.8. The molecule has 33 heavy (non-hydrogen) atoms. The molecule has 8 heteroatoms. The van der Waals surface area contributed by atoms with Gasteiger partial charge in [0.1, 0.15) is 5.75 Å². The third-order valence-corrected chi connectivity index (χ3v) is 7.44. The molecule has 0 aliphatic heterocycles. The standard InChI is InChI=1S/C25H27ClN2O4S/c1-18-12-14-21(15-13-18)33(30,31)28(16-20-8-4-6-10-23(20)26)17-25(29)27-19(2)22-9-5-7-11-24(22)32-3/h4-15,19H,16-17H2,1-3H3,(H,27,29)/t19-/m1/s1. The Morgan fingerprint density at radius 3 is 2.33 bits per heavy atom. The number of carbonyl (C=O) groups excluding carboxylic acids is 1. The Bertz CT molecular complexity index is 1210. The van der Waals surface area contributed by atoms with Gasteiger partial charge in [-0.15, -0.1) is 0 Å². The van der Waals surface area contributed by atoms with Gasteiger partial charge in [0.2, 0.25) is 15.9 Å². The highest BCUT2D eigenvalue weighted by Crippen LogP contribution is 2.25. The third kappa shape index (κ3) is 6.13. The summed E-state index contributed by atoms with van der Waals surface area (Å²) >= 11 is 6.28. The predicted octanol–water partition coefficient (Wildman–Crippen LogP) is 4.73. The second kappa shape index (κ2) is 10.8. The summed E-state index contributed by atoms with van der Waals surface area (Å²) in [6.07, 6.45) is 0. The molecule has 0 saturated heterocycles. The maximum Gasteiger partial charge on any atom is 0.243 e. The van der Waals surface area contributed by atoms with Crippen LogP contribution in [-0.2, 0) is 21.4 Å². The lowest BCUT2D eigenvalue weighted by molar-refractivity contribution is -0.122. The highest BCUT2D eigenvalue weighted by Gasteiger charge is 2.28. The van der Waals surface area contributed by atoms with E-state index in [1.54, 1.807) is 55.6 Å². The molecule has 0 unspecified atom stereocenters. The molecule has 1 N–H and O–H groups in total. The van der Waals surface area contributed by atoms with Gasteiger partial charge < -0.3 is 10.1 Å². The maximum atomic E-state index is 13.4. The fourth-order valence-corrected chi connectivity index (χ4v) is 5.02. The van der Waals surface area contributed by atoms with Crippen LogP contribution in [0, 0.1) is 6.92 Å². The van der Waals surface area contributed by atoms with Crippen LogP contribution in [0.5, 0.6) is 5.75 Å². The van der Waals surface area contributed by atoms with Crippen LogP contribution in [0.1, 0.15) is 29.7 Å². The fourth-order valence-electron chi connectivity index (χ4n) is 3.45. The summed E-state index contributed by atoms with van der Waals surface area (Å²) < 4.78 is 33.4. The van der Waals surface area contributed by atoms with Crippen molar-refractivity contribution in [1.82, 2.24) is 9.62 Å². The normalized spacial score (nSPS) is 12.4. The van der Waals surface area contributed by atoms with Gasteiger partial charge in [-0.2, -0.15) is 4.31 Å². The molecule has 0 bridgehead atoms. The number of methoxy groups -OCH3 is 1. The molecule has 0 aliphatic rings. The first-order valence-corrected chi connectivity index (χ1v) is 12.3. The van der Waals surface area contributed by atoms with Crippen molar-refractivity contribution in [2.45, 2.75) is 31.3 Å². The number of nitrogens with zero attached hydrogens (tertiary/aromatic N) is 1. The first-order chi connectivity index (χ1) is 15.7. The Morgan fingerprint density at radius 2 is 1.67 bits per heavy atom. The molecule has 0 heterocycles. The van der Waals surface area contributed by atoms with Crippen molar-refractivity contribution >= 4 is 27.5 Å². The molecule has 0 fully saturated rings. The second-order valence-electron chi connectivity index (χ2n) is 7.71. The van der Waals surface area contributed by atoms with Crippen LogP contribution in [0.4, 0.5) is 0 Å². The van der Waals surface area contributed by atoms with Gasteiger partial charge in [-0.05, 0) is 43.7 Å². The highest BCUT2D eigenvalue weighted by molar-refractivity contribution is 7.89. The van der Waals surface area contributed by atoms with Gasteiger partial charge in [0.05, 0.1) is 24.6 Å². The SMILES string of the molecule is COc1ccccc1[C@@H](C)NC(=O)CN(Cc1ccccc1Cl)S(=O)(=O)c1ccc(C)cc1. The van der Waals surface area contributed by atoms with Crippen molar-refractivity contribution in [2.75, 3.05) is 13.7 Å². The lowest BCUT2D eigenvalue weighted by atomic mass is 10.1. The van der Waals surface area contributed by atoms with Gasteiger partial charge >= 0.3 is 0 Å². The number of benzene rings is 3.